The number of halogens is 6. The summed E-state index contributed by atoms with van der Waals surface area (Å²) in [5, 5.41) is 2.45. The molecule has 0 spiro atoms. The molecule has 188 valence electrons. The van der Waals surface area contributed by atoms with Gasteiger partial charge in [-0.3, -0.25) is 14.6 Å². The van der Waals surface area contributed by atoms with Crippen LogP contribution in [0.1, 0.15) is 33.4 Å². The van der Waals surface area contributed by atoms with Gasteiger partial charge < -0.3 is 15.0 Å². The van der Waals surface area contributed by atoms with Crippen LogP contribution in [-0.4, -0.2) is 40.8 Å². The average Bonchev–Trinajstić information content (AvgIpc) is 2.79. The molecule has 0 unspecified atom stereocenters. The highest BCUT2D eigenvalue weighted by Crippen LogP contribution is 2.44. The quantitative estimate of drug-likeness (QED) is 0.464. The van der Waals surface area contributed by atoms with Crippen molar-refractivity contribution >= 4 is 17.5 Å². The summed E-state index contributed by atoms with van der Waals surface area (Å²) in [7, 11) is 0. The van der Waals surface area contributed by atoms with Crippen molar-refractivity contribution in [2.75, 3.05) is 11.9 Å². The summed E-state index contributed by atoms with van der Waals surface area (Å²) < 4.78 is 82.2. The van der Waals surface area contributed by atoms with Gasteiger partial charge >= 0.3 is 12.5 Å². The molecule has 1 aliphatic rings. The Morgan fingerprint density at radius 2 is 1.75 bits per heavy atom. The fraction of sp³-hybridized carbons (Fsp3) is 0.208. The van der Waals surface area contributed by atoms with E-state index >= 15 is 0 Å². The number of nitrogens with one attached hydrogen (secondary N) is 1. The van der Waals surface area contributed by atoms with Crippen molar-refractivity contribution < 1.29 is 40.7 Å². The number of amides is 2. The van der Waals surface area contributed by atoms with Gasteiger partial charge in [-0.05, 0) is 35.4 Å². The highest BCUT2D eigenvalue weighted by atomic mass is 19.4. The Labute approximate surface area is 200 Å². The second kappa shape index (κ2) is 9.51. The molecule has 0 fully saturated rings. The number of ether oxygens (including phenoxy) is 1. The maximum Gasteiger partial charge on any atom is 0.573 e. The van der Waals surface area contributed by atoms with E-state index in [2.05, 4.69) is 15.0 Å². The van der Waals surface area contributed by atoms with Crippen LogP contribution in [0.3, 0.4) is 0 Å². The normalized spacial score (nSPS) is 17.9. The molecule has 6 nitrogen and oxygen atoms in total. The molecule has 2 atom stereocenters. The first-order valence-electron chi connectivity index (χ1n) is 10.5. The molecular weight excluding hydrogens is 492 g/mol. The van der Waals surface area contributed by atoms with Crippen LogP contribution in [0.2, 0.25) is 0 Å². The van der Waals surface area contributed by atoms with E-state index in [1.807, 2.05) is 0 Å². The maximum atomic E-state index is 13.5. The van der Waals surface area contributed by atoms with Gasteiger partial charge in [-0.2, -0.15) is 13.2 Å². The van der Waals surface area contributed by atoms with E-state index in [9.17, 15) is 35.9 Å². The molecule has 1 N–H and O–H groups in total. The summed E-state index contributed by atoms with van der Waals surface area (Å²) in [6.07, 6.45) is -7.09. The molecule has 0 saturated carbocycles. The second-order valence-electron chi connectivity index (χ2n) is 7.91. The van der Waals surface area contributed by atoms with Gasteiger partial charge in [-0.25, -0.2) is 0 Å². The number of nitrogens with zero attached hydrogens (tertiary/aromatic N) is 2. The van der Waals surface area contributed by atoms with Gasteiger partial charge in [0.15, 0.2) is 0 Å². The Bertz CT molecular complexity index is 1260. The number of hydrogen-bond donors (Lipinski definition) is 1. The molecule has 2 amide bonds. The number of hydrogen-bond acceptors (Lipinski definition) is 4. The minimum atomic E-state index is -4.96. The Hall–Kier alpha value is -4.09. The standard InChI is InChI=1S/C24H17F6N3O3/c25-23(26,27)13-33-20(14-5-4-10-31-12-14)19(17-8-1-2-9-18(17)22(33)35)21(34)32-15-6-3-7-16(11-15)36-24(28,29)30/h1-12,19-20H,13H2,(H,32,34)/t19-,20+/m1/s1. The maximum absolute atomic E-state index is 13.5. The minimum Gasteiger partial charge on any atom is -0.406 e. The van der Waals surface area contributed by atoms with E-state index in [1.165, 1.54) is 60.9 Å². The fourth-order valence-corrected chi connectivity index (χ4v) is 4.16. The van der Waals surface area contributed by atoms with E-state index in [-0.39, 0.29) is 22.4 Å². The first-order chi connectivity index (χ1) is 16.9. The zero-order chi connectivity index (χ0) is 26.1. The van der Waals surface area contributed by atoms with Crippen molar-refractivity contribution in [2.45, 2.75) is 24.5 Å². The average molecular weight is 509 g/mol. The zero-order valence-corrected chi connectivity index (χ0v) is 18.2. The summed E-state index contributed by atoms with van der Waals surface area (Å²) in [5.41, 5.74) is 0.188. The largest absolute Gasteiger partial charge is 0.573 e. The molecule has 0 radical (unpaired) electrons. The van der Waals surface area contributed by atoms with Gasteiger partial charge in [0.1, 0.15) is 12.3 Å². The predicted molar refractivity (Wildman–Crippen MR) is 115 cm³/mol. The third-order valence-electron chi connectivity index (χ3n) is 5.43. The summed E-state index contributed by atoms with van der Waals surface area (Å²) >= 11 is 0. The fourth-order valence-electron chi connectivity index (χ4n) is 4.16. The second-order valence-corrected chi connectivity index (χ2v) is 7.91. The number of aromatic nitrogens is 1. The van der Waals surface area contributed by atoms with Crippen LogP contribution < -0.4 is 10.1 Å². The van der Waals surface area contributed by atoms with Crippen molar-refractivity contribution in [3.63, 3.8) is 0 Å². The van der Waals surface area contributed by atoms with E-state index in [0.717, 1.165) is 12.1 Å². The van der Waals surface area contributed by atoms with Crippen LogP contribution in [-0.2, 0) is 4.79 Å². The van der Waals surface area contributed by atoms with Crippen molar-refractivity contribution in [3.05, 3.63) is 89.7 Å². The summed E-state index contributed by atoms with van der Waals surface area (Å²) in [6.45, 7) is -1.63. The smallest absolute Gasteiger partial charge is 0.406 e. The molecule has 3 aromatic rings. The third-order valence-corrected chi connectivity index (χ3v) is 5.43. The van der Waals surface area contributed by atoms with Crippen molar-refractivity contribution in [3.8, 4) is 5.75 Å². The van der Waals surface area contributed by atoms with Gasteiger partial charge in [-0.1, -0.05) is 30.3 Å². The molecule has 36 heavy (non-hydrogen) atoms. The first-order valence-corrected chi connectivity index (χ1v) is 10.5. The van der Waals surface area contributed by atoms with E-state index in [4.69, 9.17) is 0 Å². The summed E-state index contributed by atoms with van der Waals surface area (Å²) in [6, 6.07) is 11.7. The number of carbonyl (C=O) groups excluding carboxylic acids is 2. The number of benzene rings is 2. The molecular formula is C24H17F6N3O3. The van der Waals surface area contributed by atoms with Gasteiger partial charge in [0, 0.05) is 29.7 Å². The number of fused-ring (bicyclic) bond motifs is 1. The number of anilines is 1. The lowest BCUT2D eigenvalue weighted by Gasteiger charge is -2.41. The van der Waals surface area contributed by atoms with E-state index in [1.54, 1.807) is 0 Å². The first kappa shape index (κ1) is 25.0. The number of rotatable bonds is 5. The molecule has 0 saturated heterocycles. The molecule has 1 aliphatic heterocycles. The van der Waals surface area contributed by atoms with Crippen LogP contribution in [0.15, 0.2) is 73.1 Å². The summed E-state index contributed by atoms with van der Waals surface area (Å²) in [4.78, 5) is 31.1. The predicted octanol–water partition coefficient (Wildman–Crippen LogP) is 5.46. The Kier molecular flexibility index (Phi) is 6.61. The molecule has 2 heterocycles. The zero-order valence-electron chi connectivity index (χ0n) is 18.2. The van der Waals surface area contributed by atoms with Gasteiger partial charge in [0.25, 0.3) is 5.91 Å². The lowest BCUT2D eigenvalue weighted by Crippen LogP contribution is -2.49. The monoisotopic (exact) mass is 509 g/mol. The van der Waals surface area contributed by atoms with Crippen LogP contribution in [0.4, 0.5) is 32.0 Å². The molecule has 0 bridgehead atoms. The lowest BCUT2D eigenvalue weighted by atomic mass is 9.79. The Morgan fingerprint density at radius 1 is 1.00 bits per heavy atom. The van der Waals surface area contributed by atoms with Crippen LogP contribution >= 0.6 is 0 Å². The van der Waals surface area contributed by atoms with Crippen LogP contribution in [0, 0.1) is 0 Å². The SMILES string of the molecule is O=C(Nc1cccc(OC(F)(F)F)c1)[C@@H]1c2ccccc2C(=O)N(CC(F)(F)F)[C@H]1c1cccnc1. The Morgan fingerprint density at radius 3 is 2.42 bits per heavy atom. The van der Waals surface area contributed by atoms with Gasteiger partial charge in [0.05, 0.1) is 12.0 Å². The van der Waals surface area contributed by atoms with Crippen molar-refractivity contribution in [1.82, 2.24) is 9.88 Å². The third kappa shape index (κ3) is 5.58. The number of pyridine rings is 1. The highest BCUT2D eigenvalue weighted by Gasteiger charge is 2.47. The summed E-state index contributed by atoms with van der Waals surface area (Å²) in [5.74, 6) is -3.68. The Balaban J connectivity index is 1.78. The minimum absolute atomic E-state index is 0.0801. The van der Waals surface area contributed by atoms with Crippen LogP contribution in [0.25, 0.3) is 0 Å². The highest BCUT2D eigenvalue weighted by molar-refractivity contribution is 6.04. The lowest BCUT2D eigenvalue weighted by molar-refractivity contribution is -0.274. The topological polar surface area (TPSA) is 71.5 Å². The molecule has 12 heteroatoms. The van der Waals surface area contributed by atoms with Crippen LogP contribution in [0.5, 0.6) is 5.75 Å². The molecule has 4 rings (SSSR count). The number of carbonyl (C=O) groups is 2. The van der Waals surface area contributed by atoms with Gasteiger partial charge in [-0.15, -0.1) is 13.2 Å². The van der Waals surface area contributed by atoms with Gasteiger partial charge in [0.2, 0.25) is 5.91 Å². The molecule has 1 aromatic heterocycles. The molecule has 2 aromatic carbocycles. The van der Waals surface area contributed by atoms with Crippen molar-refractivity contribution in [2.24, 2.45) is 0 Å². The van der Waals surface area contributed by atoms with Crippen molar-refractivity contribution in [1.29, 1.82) is 0 Å². The number of alkyl halides is 6. The van der Waals surface area contributed by atoms with E-state index in [0.29, 0.717) is 4.90 Å². The molecule has 0 aliphatic carbocycles. The van der Waals surface area contributed by atoms with E-state index < -0.39 is 48.6 Å².